The van der Waals surface area contributed by atoms with E-state index in [4.69, 9.17) is 9.73 Å². The Bertz CT molecular complexity index is 786. The zero-order valence-corrected chi connectivity index (χ0v) is 20.6. The minimum absolute atomic E-state index is 0. The number of hydrogen-bond acceptors (Lipinski definition) is 8. The van der Waals surface area contributed by atoms with E-state index in [-0.39, 0.29) is 24.0 Å². The highest BCUT2D eigenvalue weighted by molar-refractivity contribution is 14.0. The Labute approximate surface area is 192 Å². The Hall–Kier alpha value is -1.54. The van der Waals surface area contributed by atoms with Crippen molar-refractivity contribution in [2.45, 2.75) is 26.8 Å². The van der Waals surface area contributed by atoms with Crippen molar-refractivity contribution >= 4 is 46.6 Å². The highest BCUT2D eigenvalue weighted by Crippen LogP contribution is 2.19. The van der Waals surface area contributed by atoms with Gasteiger partial charge in [-0.25, -0.2) is 9.98 Å². The molecule has 1 fully saturated rings. The lowest BCUT2D eigenvalue weighted by Gasteiger charge is -2.36. The maximum atomic E-state index is 5.17. The summed E-state index contributed by atoms with van der Waals surface area (Å²) in [5, 5.41) is 12.7. The number of nitrogens with zero attached hydrogens (tertiary/aromatic N) is 8. The smallest absolute Gasteiger partial charge is 0.205 e. The van der Waals surface area contributed by atoms with Crippen LogP contribution in [-0.4, -0.2) is 81.4 Å². The number of halogens is 1. The molecule has 2 aromatic heterocycles. The molecular formula is C17H30IN9OS. The van der Waals surface area contributed by atoms with Crippen LogP contribution in [0.2, 0.25) is 0 Å². The first-order valence-corrected chi connectivity index (χ1v) is 10.3. The second kappa shape index (κ2) is 11.6. The van der Waals surface area contributed by atoms with E-state index in [1.807, 2.05) is 18.5 Å². The van der Waals surface area contributed by atoms with Crippen LogP contribution in [-0.2, 0) is 24.8 Å². The van der Waals surface area contributed by atoms with Gasteiger partial charge in [-0.05, 0) is 6.92 Å². The molecule has 0 bridgehead atoms. The Kier molecular flexibility index (Phi) is 9.49. The fraction of sp³-hybridized carbons (Fsp3) is 0.706. The van der Waals surface area contributed by atoms with E-state index < -0.39 is 0 Å². The summed E-state index contributed by atoms with van der Waals surface area (Å²) in [5.41, 5.74) is 0. The number of methoxy groups -OCH3 is 1. The van der Waals surface area contributed by atoms with E-state index in [0.717, 1.165) is 61.2 Å². The van der Waals surface area contributed by atoms with Crippen molar-refractivity contribution in [1.82, 2.24) is 34.3 Å². The van der Waals surface area contributed by atoms with E-state index in [1.165, 1.54) is 11.5 Å². The average molecular weight is 535 g/mol. The monoisotopic (exact) mass is 535 g/mol. The standard InChI is InChI=1S/C17H29N9OS.HI/c1-5-14-20-17(28-23-14)26-9-7-25(8-10-26)16(18-6-11-27-4)19-12-15-22-21-13(2)24(15)3;/h5-12H2,1-4H3,(H,18,19);1H. The minimum atomic E-state index is 0. The molecule has 10 nitrogen and oxygen atoms in total. The Morgan fingerprint density at radius 3 is 2.59 bits per heavy atom. The first kappa shape index (κ1) is 23.7. The van der Waals surface area contributed by atoms with Gasteiger partial charge < -0.3 is 24.4 Å². The first-order chi connectivity index (χ1) is 13.6. The molecule has 0 aliphatic carbocycles. The molecule has 2 aromatic rings. The van der Waals surface area contributed by atoms with Crippen molar-refractivity contribution < 1.29 is 4.74 Å². The van der Waals surface area contributed by atoms with Gasteiger partial charge in [-0.15, -0.1) is 34.2 Å². The van der Waals surface area contributed by atoms with Gasteiger partial charge in [0.1, 0.15) is 18.2 Å². The van der Waals surface area contributed by atoms with Crippen LogP contribution in [0.15, 0.2) is 4.99 Å². The van der Waals surface area contributed by atoms with Gasteiger partial charge in [-0.3, -0.25) is 0 Å². The van der Waals surface area contributed by atoms with Crippen molar-refractivity contribution in [2.24, 2.45) is 12.0 Å². The SMILES string of the molecule is CCc1nsc(N2CCN(C(=NCc3nnc(C)n3C)NCCOC)CC2)n1.I. The van der Waals surface area contributed by atoms with Crippen molar-refractivity contribution in [3.05, 3.63) is 17.5 Å². The van der Waals surface area contributed by atoms with Gasteiger partial charge in [0.25, 0.3) is 0 Å². The van der Waals surface area contributed by atoms with Gasteiger partial charge in [0, 0.05) is 64.8 Å². The molecule has 0 saturated carbocycles. The summed E-state index contributed by atoms with van der Waals surface area (Å²) in [6, 6.07) is 0. The van der Waals surface area contributed by atoms with Crippen LogP contribution < -0.4 is 10.2 Å². The van der Waals surface area contributed by atoms with Gasteiger partial charge in [-0.1, -0.05) is 6.92 Å². The summed E-state index contributed by atoms with van der Waals surface area (Å²) in [6.45, 7) is 9.39. The largest absolute Gasteiger partial charge is 0.383 e. The zero-order chi connectivity index (χ0) is 19.9. The fourth-order valence-electron chi connectivity index (χ4n) is 2.89. The maximum Gasteiger partial charge on any atom is 0.205 e. The molecule has 1 saturated heterocycles. The molecule has 0 amide bonds. The lowest BCUT2D eigenvalue weighted by Crippen LogP contribution is -2.53. The second-order valence-corrected chi connectivity index (χ2v) is 7.33. The number of anilines is 1. The van der Waals surface area contributed by atoms with Crippen molar-refractivity contribution in [3.63, 3.8) is 0 Å². The third-order valence-electron chi connectivity index (χ3n) is 4.77. The van der Waals surface area contributed by atoms with Crippen LogP contribution in [0.5, 0.6) is 0 Å². The van der Waals surface area contributed by atoms with Crippen LogP contribution in [0, 0.1) is 6.92 Å². The van der Waals surface area contributed by atoms with Crippen molar-refractivity contribution in [3.8, 4) is 0 Å². The summed E-state index contributed by atoms with van der Waals surface area (Å²) in [7, 11) is 3.66. The predicted octanol–water partition coefficient (Wildman–Crippen LogP) is 1.07. The topological polar surface area (TPSA) is 96.6 Å². The number of nitrogens with one attached hydrogen (secondary N) is 1. The molecule has 3 rings (SSSR count). The van der Waals surface area contributed by atoms with E-state index in [1.54, 1.807) is 7.11 Å². The molecule has 0 aromatic carbocycles. The van der Waals surface area contributed by atoms with Crippen LogP contribution in [0.1, 0.15) is 24.4 Å². The van der Waals surface area contributed by atoms with Crippen molar-refractivity contribution in [1.29, 1.82) is 0 Å². The van der Waals surface area contributed by atoms with E-state index in [0.29, 0.717) is 19.7 Å². The normalized spacial score (nSPS) is 14.8. The summed E-state index contributed by atoms with van der Waals surface area (Å²) < 4.78 is 11.5. The predicted molar refractivity (Wildman–Crippen MR) is 125 cm³/mol. The molecule has 1 aliphatic heterocycles. The molecule has 0 unspecified atom stereocenters. The molecule has 0 atom stereocenters. The summed E-state index contributed by atoms with van der Waals surface area (Å²) >= 11 is 1.48. The summed E-state index contributed by atoms with van der Waals surface area (Å²) in [5.74, 6) is 3.54. The van der Waals surface area contributed by atoms with Crippen LogP contribution >= 0.6 is 35.5 Å². The molecule has 1 aliphatic rings. The highest BCUT2D eigenvalue weighted by atomic mass is 127. The molecule has 12 heteroatoms. The number of ether oxygens (including phenoxy) is 1. The summed E-state index contributed by atoms with van der Waals surface area (Å²) in [4.78, 5) is 14.0. The van der Waals surface area contributed by atoms with Crippen LogP contribution in [0.3, 0.4) is 0 Å². The Morgan fingerprint density at radius 2 is 2.00 bits per heavy atom. The number of aromatic nitrogens is 5. The lowest BCUT2D eigenvalue weighted by molar-refractivity contribution is 0.202. The van der Waals surface area contributed by atoms with Gasteiger partial charge >= 0.3 is 0 Å². The van der Waals surface area contributed by atoms with Gasteiger partial charge in [-0.2, -0.15) is 4.37 Å². The molecule has 162 valence electrons. The highest BCUT2D eigenvalue weighted by Gasteiger charge is 2.22. The van der Waals surface area contributed by atoms with E-state index >= 15 is 0 Å². The number of aryl methyl sites for hydroxylation is 2. The second-order valence-electron chi connectivity index (χ2n) is 6.60. The molecule has 29 heavy (non-hydrogen) atoms. The molecule has 0 spiro atoms. The third-order valence-corrected chi connectivity index (χ3v) is 5.58. The van der Waals surface area contributed by atoms with E-state index in [9.17, 15) is 0 Å². The molecule has 0 radical (unpaired) electrons. The maximum absolute atomic E-state index is 5.17. The quantitative estimate of drug-likeness (QED) is 0.244. The average Bonchev–Trinajstić information content (AvgIpc) is 3.32. The molecule has 1 N–H and O–H groups in total. The Morgan fingerprint density at radius 1 is 1.24 bits per heavy atom. The number of hydrogen-bond donors (Lipinski definition) is 1. The lowest BCUT2D eigenvalue weighted by atomic mass is 10.3. The van der Waals surface area contributed by atoms with E-state index in [2.05, 4.69) is 41.6 Å². The van der Waals surface area contributed by atoms with Crippen molar-refractivity contribution in [2.75, 3.05) is 51.3 Å². The van der Waals surface area contributed by atoms with Gasteiger partial charge in [0.2, 0.25) is 5.13 Å². The van der Waals surface area contributed by atoms with Crippen LogP contribution in [0.25, 0.3) is 0 Å². The third kappa shape index (κ3) is 6.22. The minimum Gasteiger partial charge on any atom is -0.383 e. The summed E-state index contributed by atoms with van der Waals surface area (Å²) in [6.07, 6.45) is 0.873. The zero-order valence-electron chi connectivity index (χ0n) is 17.5. The van der Waals surface area contributed by atoms with Crippen LogP contribution in [0.4, 0.5) is 5.13 Å². The Balaban J connectivity index is 0.00000300. The number of rotatable bonds is 7. The van der Waals surface area contributed by atoms with Gasteiger partial charge in [0.15, 0.2) is 11.8 Å². The molecule has 3 heterocycles. The number of guanidine groups is 1. The number of aliphatic imine (C=N–C) groups is 1. The van der Waals surface area contributed by atoms with Gasteiger partial charge in [0.05, 0.1) is 6.61 Å². The number of piperazine rings is 1. The first-order valence-electron chi connectivity index (χ1n) is 9.57. The molecular weight excluding hydrogens is 505 g/mol. The fourth-order valence-corrected chi connectivity index (χ4v) is 3.69.